The van der Waals surface area contributed by atoms with Gasteiger partial charge in [0.25, 0.3) is 5.91 Å². The molecule has 1 aliphatic rings. The highest BCUT2D eigenvalue weighted by atomic mass is 35.5. The highest BCUT2D eigenvalue weighted by Gasteiger charge is 2.25. The zero-order chi connectivity index (χ0) is 15.5. The Kier molecular flexibility index (Phi) is 4.43. The summed E-state index contributed by atoms with van der Waals surface area (Å²) in [6.07, 6.45) is 4.91. The maximum atomic E-state index is 12.6. The van der Waals surface area contributed by atoms with E-state index < -0.39 is 0 Å². The molecule has 0 N–H and O–H groups in total. The topological polar surface area (TPSA) is 51.0 Å². The van der Waals surface area contributed by atoms with Gasteiger partial charge in [0.2, 0.25) is 0 Å². The van der Waals surface area contributed by atoms with Crippen molar-refractivity contribution in [1.29, 1.82) is 0 Å². The summed E-state index contributed by atoms with van der Waals surface area (Å²) in [5.41, 5.74) is 1.66. The zero-order valence-corrected chi connectivity index (χ0v) is 13.3. The largest absolute Gasteiger partial charge is 0.337 e. The zero-order valence-electron chi connectivity index (χ0n) is 12.6. The van der Waals surface area contributed by atoms with E-state index in [0.29, 0.717) is 11.6 Å². The van der Waals surface area contributed by atoms with Crippen LogP contribution < -0.4 is 0 Å². The molecule has 1 aromatic heterocycles. The Morgan fingerprint density at radius 1 is 1.27 bits per heavy atom. The van der Waals surface area contributed by atoms with E-state index in [1.54, 1.807) is 17.9 Å². The maximum absolute atomic E-state index is 12.6. The van der Waals surface area contributed by atoms with Gasteiger partial charge in [-0.15, -0.1) is 5.10 Å². The van der Waals surface area contributed by atoms with Crippen LogP contribution in [0.15, 0.2) is 30.5 Å². The molecular weight excluding hydrogens is 300 g/mol. The summed E-state index contributed by atoms with van der Waals surface area (Å²) >= 11 is 5.96. The Hall–Kier alpha value is -1.88. The van der Waals surface area contributed by atoms with Crippen LogP contribution in [0.25, 0.3) is 0 Å². The number of halogens is 1. The number of likely N-dealkylation sites (tertiary alicyclic amines) is 1. The van der Waals surface area contributed by atoms with Crippen molar-refractivity contribution in [2.24, 2.45) is 7.05 Å². The first-order valence-corrected chi connectivity index (χ1v) is 7.92. The summed E-state index contributed by atoms with van der Waals surface area (Å²) in [7, 11) is 1.77. The molecule has 1 aliphatic heterocycles. The third-order valence-electron chi connectivity index (χ3n) is 4.12. The molecule has 0 spiro atoms. The van der Waals surface area contributed by atoms with Crippen LogP contribution in [0, 0.1) is 0 Å². The number of benzene rings is 1. The number of amides is 1. The van der Waals surface area contributed by atoms with E-state index in [2.05, 4.69) is 22.4 Å². The van der Waals surface area contributed by atoms with Crippen molar-refractivity contribution in [3.8, 4) is 0 Å². The van der Waals surface area contributed by atoms with Crippen molar-refractivity contribution in [3.05, 3.63) is 46.7 Å². The summed E-state index contributed by atoms with van der Waals surface area (Å²) < 4.78 is 1.56. The molecule has 1 saturated heterocycles. The van der Waals surface area contributed by atoms with Crippen LogP contribution in [0.4, 0.5) is 0 Å². The molecule has 0 saturated carbocycles. The lowest BCUT2D eigenvalue weighted by molar-refractivity contribution is 0.0748. The van der Waals surface area contributed by atoms with Crippen LogP contribution in [0.2, 0.25) is 5.02 Å². The number of rotatable bonds is 2. The number of nitrogens with zero attached hydrogens (tertiary/aromatic N) is 4. The average molecular weight is 319 g/mol. The number of carbonyl (C=O) groups excluding carboxylic acids is 1. The molecule has 1 atom stereocenters. The van der Waals surface area contributed by atoms with Crippen LogP contribution in [0.5, 0.6) is 0 Å². The Morgan fingerprint density at radius 3 is 2.73 bits per heavy atom. The fraction of sp³-hybridized carbons (Fsp3) is 0.438. The third-order valence-corrected chi connectivity index (χ3v) is 4.37. The molecule has 1 unspecified atom stereocenters. The third kappa shape index (κ3) is 3.30. The number of aryl methyl sites for hydroxylation is 1. The van der Waals surface area contributed by atoms with Crippen LogP contribution >= 0.6 is 11.6 Å². The number of hydrogen-bond donors (Lipinski definition) is 0. The van der Waals surface area contributed by atoms with Gasteiger partial charge in [-0.1, -0.05) is 35.4 Å². The van der Waals surface area contributed by atoms with Gasteiger partial charge in [0, 0.05) is 31.1 Å². The smallest absolute Gasteiger partial charge is 0.276 e. The molecule has 1 aromatic carbocycles. The first kappa shape index (κ1) is 15.0. The second kappa shape index (κ2) is 6.48. The van der Waals surface area contributed by atoms with Crippen molar-refractivity contribution < 1.29 is 4.79 Å². The standard InChI is InChI=1S/C16H19ClN4O/c1-20-11-15(18-19-20)16(22)21-9-3-2-4-13(10-21)12-5-7-14(17)8-6-12/h5-8,11,13H,2-4,9-10H2,1H3. The monoisotopic (exact) mass is 318 g/mol. The van der Waals surface area contributed by atoms with E-state index in [1.165, 1.54) is 5.56 Å². The van der Waals surface area contributed by atoms with Crippen LogP contribution in [-0.4, -0.2) is 38.9 Å². The number of hydrogen-bond acceptors (Lipinski definition) is 3. The average Bonchev–Trinajstić information content (AvgIpc) is 2.81. The van der Waals surface area contributed by atoms with Gasteiger partial charge < -0.3 is 4.90 Å². The number of aromatic nitrogens is 3. The molecule has 6 heteroatoms. The Bertz CT molecular complexity index is 652. The van der Waals surface area contributed by atoms with Gasteiger partial charge in [-0.2, -0.15) is 0 Å². The predicted octanol–water partition coefficient (Wildman–Crippen LogP) is 2.88. The molecule has 22 heavy (non-hydrogen) atoms. The van der Waals surface area contributed by atoms with E-state index in [4.69, 9.17) is 11.6 Å². The second-order valence-electron chi connectivity index (χ2n) is 5.77. The van der Waals surface area contributed by atoms with Crippen LogP contribution in [0.1, 0.15) is 41.2 Å². The van der Waals surface area contributed by atoms with Crippen molar-refractivity contribution in [1.82, 2.24) is 19.9 Å². The summed E-state index contributed by atoms with van der Waals surface area (Å²) in [5.74, 6) is 0.314. The van der Waals surface area contributed by atoms with E-state index in [1.807, 2.05) is 17.0 Å². The lowest BCUT2D eigenvalue weighted by atomic mass is 9.94. The van der Waals surface area contributed by atoms with E-state index in [-0.39, 0.29) is 5.91 Å². The fourth-order valence-electron chi connectivity index (χ4n) is 2.94. The highest BCUT2D eigenvalue weighted by Crippen LogP contribution is 2.28. The molecule has 2 heterocycles. The summed E-state index contributed by atoms with van der Waals surface area (Å²) in [6, 6.07) is 7.94. The first-order chi connectivity index (χ1) is 10.6. The van der Waals surface area contributed by atoms with Crippen LogP contribution in [-0.2, 0) is 7.05 Å². The summed E-state index contributed by atoms with van der Waals surface area (Å²) in [4.78, 5) is 14.5. The van der Waals surface area contributed by atoms with Gasteiger partial charge in [-0.3, -0.25) is 9.48 Å². The van der Waals surface area contributed by atoms with E-state index in [9.17, 15) is 4.79 Å². The van der Waals surface area contributed by atoms with Gasteiger partial charge in [0.1, 0.15) is 0 Å². The molecule has 2 aromatic rings. The number of carbonyl (C=O) groups is 1. The van der Waals surface area contributed by atoms with Crippen molar-refractivity contribution in [2.75, 3.05) is 13.1 Å². The van der Waals surface area contributed by atoms with Gasteiger partial charge in [0.05, 0.1) is 6.20 Å². The summed E-state index contributed by atoms with van der Waals surface area (Å²) in [5, 5.41) is 8.52. The SMILES string of the molecule is Cn1cc(C(=O)N2CCCCC(c3ccc(Cl)cc3)C2)nn1. The van der Waals surface area contributed by atoms with E-state index in [0.717, 1.165) is 37.4 Å². The maximum Gasteiger partial charge on any atom is 0.276 e. The van der Waals surface area contributed by atoms with Gasteiger partial charge in [-0.25, -0.2) is 0 Å². The Labute approximate surface area is 134 Å². The molecule has 0 bridgehead atoms. The van der Waals surface area contributed by atoms with Crippen molar-refractivity contribution in [3.63, 3.8) is 0 Å². The second-order valence-corrected chi connectivity index (χ2v) is 6.21. The van der Waals surface area contributed by atoms with E-state index >= 15 is 0 Å². The van der Waals surface area contributed by atoms with Crippen molar-refractivity contribution >= 4 is 17.5 Å². The minimum absolute atomic E-state index is 0.0334. The quantitative estimate of drug-likeness (QED) is 0.855. The lowest BCUT2D eigenvalue weighted by Gasteiger charge is -2.24. The molecule has 5 nitrogen and oxygen atoms in total. The molecule has 1 amide bonds. The Morgan fingerprint density at radius 2 is 2.05 bits per heavy atom. The predicted molar refractivity (Wildman–Crippen MR) is 85.0 cm³/mol. The molecule has 1 fully saturated rings. The fourth-order valence-corrected chi connectivity index (χ4v) is 3.07. The van der Waals surface area contributed by atoms with Gasteiger partial charge in [-0.05, 0) is 30.5 Å². The molecule has 3 rings (SSSR count). The van der Waals surface area contributed by atoms with Crippen LogP contribution in [0.3, 0.4) is 0 Å². The minimum Gasteiger partial charge on any atom is -0.337 e. The molecule has 116 valence electrons. The minimum atomic E-state index is -0.0334. The normalized spacial score (nSPS) is 19.0. The van der Waals surface area contributed by atoms with Crippen molar-refractivity contribution in [2.45, 2.75) is 25.2 Å². The Balaban J connectivity index is 1.77. The molecular formula is C16H19ClN4O. The van der Waals surface area contributed by atoms with Gasteiger partial charge >= 0.3 is 0 Å². The van der Waals surface area contributed by atoms with Gasteiger partial charge in [0.15, 0.2) is 5.69 Å². The first-order valence-electron chi connectivity index (χ1n) is 7.54. The molecule has 0 radical (unpaired) electrons. The summed E-state index contributed by atoms with van der Waals surface area (Å²) in [6.45, 7) is 1.50. The highest BCUT2D eigenvalue weighted by molar-refractivity contribution is 6.30. The molecule has 0 aliphatic carbocycles. The lowest BCUT2D eigenvalue weighted by Crippen LogP contribution is -2.34.